The molecule has 1 unspecified atom stereocenters. The fraction of sp³-hybridized carbons (Fsp3) is 0.381. The number of pyridine rings is 1. The van der Waals surface area contributed by atoms with Crippen molar-refractivity contribution in [1.82, 2.24) is 14.8 Å². The summed E-state index contributed by atoms with van der Waals surface area (Å²) in [6.45, 7) is 2.14. The van der Waals surface area contributed by atoms with E-state index in [1.165, 1.54) is 30.2 Å². The maximum absolute atomic E-state index is 13.3. The van der Waals surface area contributed by atoms with E-state index in [9.17, 15) is 23.9 Å². The second-order valence-corrected chi connectivity index (χ2v) is 7.88. The molecule has 8 nitrogen and oxygen atoms in total. The Morgan fingerprint density at radius 1 is 1.39 bits per heavy atom. The first-order valence-electron chi connectivity index (χ1n) is 9.86. The van der Waals surface area contributed by atoms with E-state index in [0.717, 1.165) is 0 Å². The van der Waals surface area contributed by atoms with E-state index in [-0.39, 0.29) is 28.9 Å². The molecule has 31 heavy (non-hydrogen) atoms. The van der Waals surface area contributed by atoms with Crippen molar-refractivity contribution >= 4 is 23.4 Å². The quantitative estimate of drug-likeness (QED) is 0.729. The number of carbonyl (C=O) groups excluding carboxylic acids is 2. The average molecular weight is 450 g/mol. The highest BCUT2D eigenvalue weighted by atomic mass is 35.5. The summed E-state index contributed by atoms with van der Waals surface area (Å²) < 4.78 is 20.4. The predicted molar refractivity (Wildman–Crippen MR) is 110 cm³/mol. The first-order valence-corrected chi connectivity index (χ1v) is 10.2. The molecule has 0 bridgehead atoms. The maximum Gasteiger partial charge on any atom is 0.276 e. The van der Waals surface area contributed by atoms with Gasteiger partial charge in [0.2, 0.25) is 5.43 Å². The lowest BCUT2D eigenvalue weighted by Crippen LogP contribution is -2.52. The summed E-state index contributed by atoms with van der Waals surface area (Å²) in [6.07, 6.45) is 0.361. The molecule has 4 rings (SSSR count). The van der Waals surface area contributed by atoms with Crippen LogP contribution < -0.4 is 10.7 Å². The van der Waals surface area contributed by atoms with Gasteiger partial charge in [-0.05, 0) is 37.5 Å². The molecule has 164 valence electrons. The van der Waals surface area contributed by atoms with E-state index in [4.69, 9.17) is 16.3 Å². The van der Waals surface area contributed by atoms with Crippen molar-refractivity contribution in [1.29, 1.82) is 0 Å². The smallest absolute Gasteiger partial charge is 0.276 e. The van der Waals surface area contributed by atoms with Gasteiger partial charge in [0, 0.05) is 25.9 Å². The molecule has 0 saturated carbocycles. The number of amides is 2. The monoisotopic (exact) mass is 449 g/mol. The Bertz CT molecular complexity index is 1150. The van der Waals surface area contributed by atoms with Gasteiger partial charge in [-0.1, -0.05) is 17.7 Å². The molecule has 2 aliphatic rings. The van der Waals surface area contributed by atoms with E-state index >= 15 is 0 Å². The van der Waals surface area contributed by atoms with Gasteiger partial charge in [-0.3, -0.25) is 14.4 Å². The normalized spacial score (nSPS) is 19.5. The van der Waals surface area contributed by atoms with Gasteiger partial charge in [0.25, 0.3) is 11.8 Å². The van der Waals surface area contributed by atoms with Gasteiger partial charge < -0.3 is 24.6 Å². The number of halogens is 2. The average Bonchev–Trinajstić information content (AvgIpc) is 3.17. The molecule has 10 heteroatoms. The number of hydrogen-bond donors (Lipinski definition) is 2. The Balaban J connectivity index is 1.73. The molecule has 1 aromatic carbocycles. The summed E-state index contributed by atoms with van der Waals surface area (Å²) in [6, 6.07) is 3.71. The van der Waals surface area contributed by atoms with E-state index in [2.05, 4.69) is 5.32 Å². The zero-order valence-electron chi connectivity index (χ0n) is 16.9. The van der Waals surface area contributed by atoms with Crippen LogP contribution in [0.1, 0.15) is 51.5 Å². The van der Waals surface area contributed by atoms with Gasteiger partial charge in [0.05, 0.1) is 11.1 Å². The predicted octanol–water partition coefficient (Wildman–Crippen LogP) is 2.21. The molecule has 3 heterocycles. The number of nitrogens with one attached hydrogen (secondary N) is 1. The summed E-state index contributed by atoms with van der Waals surface area (Å²) in [7, 11) is 1.49. The van der Waals surface area contributed by atoms with Crippen LogP contribution in [-0.2, 0) is 17.7 Å². The Morgan fingerprint density at radius 3 is 2.77 bits per heavy atom. The summed E-state index contributed by atoms with van der Waals surface area (Å²) in [5.74, 6) is -2.53. The van der Waals surface area contributed by atoms with Gasteiger partial charge in [0.15, 0.2) is 17.7 Å². The van der Waals surface area contributed by atoms with Crippen LogP contribution in [0.5, 0.6) is 5.75 Å². The fourth-order valence-corrected chi connectivity index (χ4v) is 4.65. The number of nitrogens with zero attached hydrogens (tertiary/aromatic N) is 2. The summed E-state index contributed by atoms with van der Waals surface area (Å²) in [4.78, 5) is 40.2. The Labute approximate surface area is 182 Å². The molecule has 2 aliphatic heterocycles. The van der Waals surface area contributed by atoms with Crippen LogP contribution in [0.15, 0.2) is 23.0 Å². The Morgan fingerprint density at radius 2 is 2.13 bits per heavy atom. The van der Waals surface area contributed by atoms with Gasteiger partial charge in [-0.25, -0.2) is 4.39 Å². The highest BCUT2D eigenvalue weighted by Crippen LogP contribution is 2.40. The van der Waals surface area contributed by atoms with Crippen LogP contribution >= 0.6 is 11.6 Å². The summed E-state index contributed by atoms with van der Waals surface area (Å²) in [5, 5.41) is 13.1. The van der Waals surface area contributed by atoms with Crippen LogP contribution in [0.25, 0.3) is 0 Å². The lowest BCUT2D eigenvalue weighted by atomic mass is 10.1. The van der Waals surface area contributed by atoms with Gasteiger partial charge >= 0.3 is 0 Å². The van der Waals surface area contributed by atoms with Crippen LogP contribution in [0.3, 0.4) is 0 Å². The van der Waals surface area contributed by atoms with Crippen molar-refractivity contribution in [2.75, 3.05) is 13.7 Å². The number of aromatic hydroxyl groups is 1. The third kappa shape index (κ3) is 3.28. The second kappa shape index (κ2) is 7.97. The fourth-order valence-electron chi connectivity index (χ4n) is 4.45. The molecular formula is C21H21ClFN3O5. The molecule has 1 aromatic heterocycles. The third-order valence-electron chi connectivity index (χ3n) is 5.84. The molecule has 0 spiro atoms. The first kappa shape index (κ1) is 21.3. The lowest BCUT2D eigenvalue weighted by Gasteiger charge is -2.40. The molecular weight excluding hydrogens is 429 g/mol. The Hall–Kier alpha value is -2.91. The maximum atomic E-state index is 13.3. The minimum absolute atomic E-state index is 0.00684. The number of hydrogen-bond acceptors (Lipinski definition) is 5. The van der Waals surface area contributed by atoms with Gasteiger partial charge in [-0.15, -0.1) is 0 Å². The van der Waals surface area contributed by atoms with Crippen molar-refractivity contribution in [3.8, 4) is 5.75 Å². The minimum atomic E-state index is -0.892. The Kier molecular flexibility index (Phi) is 5.49. The van der Waals surface area contributed by atoms with Gasteiger partial charge in [0.1, 0.15) is 11.4 Å². The molecule has 0 fully saturated rings. The lowest BCUT2D eigenvalue weighted by molar-refractivity contribution is -0.0573. The van der Waals surface area contributed by atoms with Crippen LogP contribution in [0.2, 0.25) is 5.02 Å². The van der Waals surface area contributed by atoms with Crippen molar-refractivity contribution < 1.29 is 23.8 Å². The highest BCUT2D eigenvalue weighted by Gasteiger charge is 2.46. The zero-order chi connectivity index (χ0) is 22.4. The molecule has 0 saturated heterocycles. The van der Waals surface area contributed by atoms with Gasteiger partial charge in [-0.2, -0.15) is 0 Å². The molecule has 2 atom stereocenters. The number of ether oxygens (including phenoxy) is 1. The van der Waals surface area contributed by atoms with E-state index in [1.807, 2.05) is 0 Å². The van der Waals surface area contributed by atoms with E-state index < -0.39 is 35.0 Å². The standard InChI is InChI=1S/C21H21ClFN3O5/c1-3-25-20(30)16-18(28)17(27)15(13-6-7-14(26(13)16)21(25)31-2)19(29)24-9-10-4-5-12(23)11(22)8-10/h4-5,8,14,21,28H,3,6-7,9H2,1-2H3,(H,24,29)/t14?,21-/m1/s1. The number of methoxy groups -OCH3 is 1. The van der Waals surface area contributed by atoms with Crippen molar-refractivity contribution in [2.24, 2.45) is 0 Å². The number of carbonyl (C=O) groups is 2. The molecule has 0 radical (unpaired) electrons. The zero-order valence-corrected chi connectivity index (χ0v) is 17.7. The van der Waals surface area contributed by atoms with Crippen LogP contribution in [0.4, 0.5) is 4.39 Å². The van der Waals surface area contributed by atoms with E-state index in [0.29, 0.717) is 30.6 Å². The third-order valence-corrected chi connectivity index (χ3v) is 6.13. The largest absolute Gasteiger partial charge is 0.503 e. The highest BCUT2D eigenvalue weighted by molar-refractivity contribution is 6.30. The number of rotatable bonds is 5. The topological polar surface area (TPSA) is 101 Å². The second-order valence-electron chi connectivity index (χ2n) is 7.47. The van der Waals surface area contributed by atoms with Crippen LogP contribution in [-0.4, -0.2) is 46.3 Å². The summed E-state index contributed by atoms with van der Waals surface area (Å²) >= 11 is 5.77. The van der Waals surface area contributed by atoms with E-state index in [1.54, 1.807) is 11.5 Å². The molecule has 2 N–H and O–H groups in total. The first-order chi connectivity index (χ1) is 14.8. The molecule has 2 amide bonds. The minimum Gasteiger partial charge on any atom is -0.503 e. The molecule has 2 aromatic rings. The van der Waals surface area contributed by atoms with Crippen molar-refractivity contribution in [3.05, 3.63) is 61.8 Å². The SMILES string of the molecule is CCN1C(=O)c2c(O)c(=O)c(C(=O)NCc3ccc(F)c(Cl)c3)c3n2C(CC3)[C@H]1OC. The number of likely N-dealkylation sites (N-methyl/N-ethyl adjacent to an activating group) is 1. The number of benzene rings is 1. The van der Waals surface area contributed by atoms with Crippen molar-refractivity contribution in [2.45, 2.75) is 38.6 Å². The van der Waals surface area contributed by atoms with Crippen LogP contribution in [0, 0.1) is 5.82 Å². The molecule has 0 aliphatic carbocycles. The summed E-state index contributed by atoms with van der Waals surface area (Å²) in [5.41, 5.74) is -0.269. The van der Waals surface area contributed by atoms with Crippen molar-refractivity contribution in [3.63, 3.8) is 0 Å². The number of aromatic nitrogens is 1.